The lowest BCUT2D eigenvalue weighted by Crippen LogP contribution is -2.56. The van der Waals surface area contributed by atoms with E-state index >= 15 is 4.79 Å². The van der Waals surface area contributed by atoms with Crippen molar-refractivity contribution in [2.45, 2.75) is 57.1 Å². The van der Waals surface area contributed by atoms with Crippen molar-refractivity contribution in [1.29, 1.82) is 0 Å². The number of nitrogens with one attached hydrogen (secondary N) is 2. The summed E-state index contributed by atoms with van der Waals surface area (Å²) in [5.41, 5.74) is 8.93. The summed E-state index contributed by atoms with van der Waals surface area (Å²) in [5, 5.41) is 18.5. The maximum absolute atomic E-state index is 15.2. The van der Waals surface area contributed by atoms with Gasteiger partial charge < -0.3 is 39.8 Å². The van der Waals surface area contributed by atoms with Crippen molar-refractivity contribution in [2.24, 2.45) is 10.9 Å². The fourth-order valence-corrected chi connectivity index (χ4v) is 11.0. The quantitative estimate of drug-likeness (QED) is 0.0633. The van der Waals surface area contributed by atoms with Gasteiger partial charge in [-0.1, -0.05) is 65.7 Å². The predicted molar refractivity (Wildman–Crippen MR) is 285 cm³/mol. The van der Waals surface area contributed by atoms with Gasteiger partial charge in [0, 0.05) is 78.0 Å². The number of aliphatic hydroxyl groups is 1. The number of benzene rings is 5. The van der Waals surface area contributed by atoms with Gasteiger partial charge in [-0.3, -0.25) is 24.6 Å². The summed E-state index contributed by atoms with van der Waals surface area (Å²) in [7, 11) is 1.59. The molecule has 3 N–H and O–H groups in total. The first-order valence-electron chi connectivity index (χ1n) is 24.9. The molecular weight excluding hydrogens is 964 g/mol. The number of ether oxygens (including phenoxy) is 3. The molecule has 378 valence electrons. The number of likely N-dealkylation sites (tertiary alicyclic amines) is 1. The topological polar surface area (TPSA) is 144 Å². The number of hydrogen-bond donors (Lipinski definition) is 3. The summed E-state index contributed by atoms with van der Waals surface area (Å²) in [6, 6.07) is 38.1. The second-order valence-electron chi connectivity index (χ2n) is 19.2. The van der Waals surface area contributed by atoms with Crippen molar-refractivity contribution in [3.63, 3.8) is 0 Å². The van der Waals surface area contributed by atoms with E-state index in [2.05, 4.69) is 63.0 Å². The number of pyridine rings is 1. The van der Waals surface area contributed by atoms with Gasteiger partial charge in [0.05, 0.1) is 44.1 Å². The Balaban J connectivity index is 0.797. The van der Waals surface area contributed by atoms with Crippen LogP contribution in [0.15, 0.2) is 139 Å². The Morgan fingerprint density at radius 2 is 1.62 bits per heavy atom. The normalized spacial score (nSPS) is 20.6. The van der Waals surface area contributed by atoms with Crippen molar-refractivity contribution in [1.82, 2.24) is 24.6 Å². The summed E-state index contributed by atoms with van der Waals surface area (Å²) in [4.78, 5) is 46.2. The molecule has 73 heavy (non-hydrogen) atoms. The zero-order valence-corrected chi connectivity index (χ0v) is 42.7. The number of carbonyl (C=O) groups excluding carboxylic acids is 2. The molecule has 2 fully saturated rings. The van der Waals surface area contributed by atoms with Crippen LogP contribution in [0.2, 0.25) is 10.0 Å². The number of hydrogen-bond acceptors (Lipinski definition) is 11. The summed E-state index contributed by atoms with van der Waals surface area (Å²) in [6.07, 6.45) is 4.51. The molecule has 3 amide bonds. The fraction of sp³-hybridized carbons (Fsp3) is 0.333. The van der Waals surface area contributed by atoms with Crippen LogP contribution in [0, 0.1) is 5.92 Å². The van der Waals surface area contributed by atoms with E-state index in [0.29, 0.717) is 65.1 Å². The number of amidine groups is 1. The van der Waals surface area contributed by atoms with Gasteiger partial charge in [0.1, 0.15) is 36.7 Å². The first-order chi connectivity index (χ1) is 35.5. The number of aliphatic hydroxyl groups excluding tert-OH is 1. The lowest BCUT2D eigenvalue weighted by atomic mass is 9.82. The Morgan fingerprint density at radius 3 is 2.34 bits per heavy atom. The third-order valence-corrected chi connectivity index (χ3v) is 14.8. The van der Waals surface area contributed by atoms with Gasteiger partial charge in [-0.15, -0.1) is 0 Å². The summed E-state index contributed by atoms with van der Waals surface area (Å²) < 4.78 is 18.0. The largest absolute Gasteiger partial charge is 0.497 e. The highest BCUT2D eigenvalue weighted by Gasteiger charge is 2.46. The lowest BCUT2D eigenvalue weighted by Gasteiger charge is -2.39. The third kappa shape index (κ3) is 10.9. The Bertz CT molecular complexity index is 2940. The number of nitrogens with zero attached hydrogens (tertiary/aromatic N) is 6. The fourth-order valence-electron chi connectivity index (χ4n) is 10.7. The van der Waals surface area contributed by atoms with Gasteiger partial charge in [0.15, 0.2) is 0 Å². The average molecular weight is 1020 g/mol. The SMILES string of the molecule is COc1ccc(C2=N[C@H](c3ccc(Cl)cc3)[C@H](c3ccc(Cl)cc3)N2C(=O)N2CCN(CCOCNc3cccc(-c4ccc5c(c4)[C@H]4[C@H](CCN4Cc4ccncc4)[C@@H](CO)N5)c3)C(=O)C2)c(OC(C)C)c1. The Hall–Kier alpha value is -6.68. The van der Waals surface area contributed by atoms with Crippen LogP contribution >= 0.6 is 23.2 Å². The predicted octanol–water partition coefficient (Wildman–Crippen LogP) is 10.1. The highest BCUT2D eigenvalue weighted by Crippen LogP contribution is 2.49. The minimum atomic E-state index is -0.602. The van der Waals surface area contributed by atoms with Crippen molar-refractivity contribution < 1.29 is 28.9 Å². The van der Waals surface area contributed by atoms with Crippen molar-refractivity contribution in [3.05, 3.63) is 172 Å². The molecule has 0 spiro atoms. The van der Waals surface area contributed by atoms with E-state index in [-0.39, 0.29) is 50.0 Å². The molecule has 6 aromatic rings. The molecule has 4 aliphatic rings. The Morgan fingerprint density at radius 1 is 0.863 bits per heavy atom. The number of carbonyl (C=O) groups is 2. The number of aliphatic imine (C=N–C) groups is 1. The highest BCUT2D eigenvalue weighted by molar-refractivity contribution is 6.30. The second-order valence-corrected chi connectivity index (χ2v) is 20.1. The van der Waals surface area contributed by atoms with E-state index in [1.165, 1.54) is 11.1 Å². The molecule has 2 saturated heterocycles. The maximum atomic E-state index is 15.2. The van der Waals surface area contributed by atoms with Gasteiger partial charge in [0.25, 0.3) is 0 Å². The number of urea groups is 1. The monoisotopic (exact) mass is 1020 g/mol. The van der Waals surface area contributed by atoms with E-state index in [0.717, 1.165) is 53.1 Å². The van der Waals surface area contributed by atoms with Gasteiger partial charge in [-0.2, -0.15) is 0 Å². The van der Waals surface area contributed by atoms with Crippen LogP contribution in [-0.4, -0.2) is 119 Å². The van der Waals surface area contributed by atoms with Crippen LogP contribution in [0.4, 0.5) is 16.2 Å². The number of amides is 3. The minimum Gasteiger partial charge on any atom is -0.497 e. The highest BCUT2D eigenvalue weighted by atomic mass is 35.5. The number of methoxy groups -OCH3 is 1. The molecule has 0 bridgehead atoms. The van der Waals surface area contributed by atoms with Crippen LogP contribution < -0.4 is 20.1 Å². The van der Waals surface area contributed by atoms with Crippen molar-refractivity contribution in [3.8, 4) is 22.6 Å². The Labute approximate surface area is 436 Å². The van der Waals surface area contributed by atoms with E-state index < -0.39 is 12.1 Å². The standard InChI is InChI=1S/C57H60Cl2N8O6/c1-36(2)73-51-31-45(71-3)16-17-47(51)56-63-53(38-7-12-42(58)13-8-38)54(39-9-14-43(59)15-10-39)67(56)57(70)66-26-25-64(52(69)33-66)27-28-72-35-61-44-6-4-5-40(29-44)41-11-18-49-48(30-41)55-46(50(34-68)62-49)21-24-65(55)32-37-19-22-60-23-20-37/h4-20,22-23,29-31,36,46,50,53-55,61-62,68H,21,24-28,32-35H2,1-3H3/t46-,50-,53-,54+,55-/m1/s1. The van der Waals surface area contributed by atoms with Crippen LogP contribution in [0.5, 0.6) is 11.5 Å². The number of piperazine rings is 1. The minimum absolute atomic E-state index is 0.00411. The zero-order valence-electron chi connectivity index (χ0n) is 41.2. The molecule has 5 aromatic carbocycles. The molecule has 0 aliphatic carbocycles. The maximum Gasteiger partial charge on any atom is 0.326 e. The molecule has 5 atom stereocenters. The van der Waals surface area contributed by atoms with Crippen molar-refractivity contribution >= 4 is 52.4 Å². The van der Waals surface area contributed by atoms with Crippen LogP contribution in [-0.2, 0) is 16.1 Å². The molecule has 0 unspecified atom stereocenters. The molecule has 10 rings (SSSR count). The summed E-state index contributed by atoms with van der Waals surface area (Å²) >= 11 is 12.8. The van der Waals surface area contributed by atoms with Gasteiger partial charge in [0.2, 0.25) is 5.91 Å². The zero-order chi connectivity index (χ0) is 50.6. The summed E-state index contributed by atoms with van der Waals surface area (Å²) in [5.74, 6) is 1.64. The number of fused-ring (bicyclic) bond motifs is 3. The van der Waals surface area contributed by atoms with Gasteiger partial charge in [-0.25, -0.2) is 4.79 Å². The molecular formula is C57H60Cl2N8O6. The molecule has 16 heteroatoms. The molecule has 14 nitrogen and oxygen atoms in total. The lowest BCUT2D eigenvalue weighted by molar-refractivity contribution is -0.135. The van der Waals surface area contributed by atoms with Crippen molar-refractivity contribution in [2.75, 3.05) is 70.4 Å². The molecule has 4 aliphatic heterocycles. The van der Waals surface area contributed by atoms with Gasteiger partial charge >= 0.3 is 6.03 Å². The molecule has 0 radical (unpaired) electrons. The first-order valence-corrected chi connectivity index (χ1v) is 25.7. The van der Waals surface area contributed by atoms with Crippen LogP contribution in [0.1, 0.15) is 66.2 Å². The van der Waals surface area contributed by atoms with Crippen LogP contribution in [0.25, 0.3) is 11.1 Å². The molecule has 1 aromatic heterocycles. The van der Waals surface area contributed by atoms with E-state index in [1.54, 1.807) is 40.0 Å². The average Bonchev–Trinajstić information content (AvgIpc) is 4.01. The van der Waals surface area contributed by atoms with E-state index in [9.17, 15) is 9.90 Å². The number of rotatable bonds is 16. The first kappa shape index (κ1) is 49.9. The number of aromatic nitrogens is 1. The van der Waals surface area contributed by atoms with E-state index in [4.69, 9.17) is 42.4 Å². The smallest absolute Gasteiger partial charge is 0.326 e. The third-order valence-electron chi connectivity index (χ3n) is 14.3. The number of anilines is 2. The summed E-state index contributed by atoms with van der Waals surface area (Å²) in [6.45, 7) is 7.19. The molecule has 0 saturated carbocycles. The van der Waals surface area contributed by atoms with Gasteiger partial charge in [-0.05, 0) is 133 Å². The molecule has 5 heterocycles. The van der Waals surface area contributed by atoms with E-state index in [1.807, 2.05) is 86.9 Å². The second kappa shape index (κ2) is 22.2. The Kier molecular flexibility index (Phi) is 15.2. The van der Waals surface area contributed by atoms with Crippen LogP contribution in [0.3, 0.4) is 0 Å². The number of halogens is 2.